The molecule has 2 nitrogen and oxygen atoms in total. The monoisotopic (exact) mass is 260 g/mol. The zero-order valence-corrected chi connectivity index (χ0v) is 12.5. The third kappa shape index (κ3) is 2.56. The molecule has 1 heterocycles. The highest BCUT2D eigenvalue weighted by Gasteiger charge is 2.13. The maximum Gasteiger partial charge on any atom is 0.0901 e. The van der Waals surface area contributed by atoms with E-state index in [0.29, 0.717) is 0 Å². The summed E-state index contributed by atoms with van der Waals surface area (Å²) in [6.45, 7) is 10.7. The Kier molecular flexibility index (Phi) is 3.71. The summed E-state index contributed by atoms with van der Waals surface area (Å²) in [5, 5.41) is 4.70. The van der Waals surface area contributed by atoms with Crippen LogP contribution in [0.25, 0.3) is 0 Å². The number of hydrogen-bond donors (Lipinski definition) is 1. The van der Waals surface area contributed by atoms with Gasteiger partial charge >= 0.3 is 0 Å². The molecule has 0 amide bonds. The summed E-state index contributed by atoms with van der Waals surface area (Å²) in [5.41, 5.74) is 5.00. The fourth-order valence-electron chi connectivity index (χ4n) is 2.16. The standard InChI is InChI=1S/C15H20N2S/c1-9-7-6-8-14(10(9)2)16-11(3)15-12(4)18-13(5)17-15/h6-8,11,16H,1-5H3. The second-order valence-corrected chi connectivity index (χ2v) is 6.20. The molecule has 0 saturated heterocycles. The number of aromatic nitrogens is 1. The minimum Gasteiger partial charge on any atom is -0.377 e. The third-order valence-corrected chi connectivity index (χ3v) is 4.23. The lowest BCUT2D eigenvalue weighted by molar-refractivity contribution is 0.835. The van der Waals surface area contributed by atoms with Crippen molar-refractivity contribution in [3.63, 3.8) is 0 Å². The molecule has 1 N–H and O–H groups in total. The van der Waals surface area contributed by atoms with Gasteiger partial charge in [-0.2, -0.15) is 0 Å². The van der Waals surface area contributed by atoms with Crippen molar-refractivity contribution < 1.29 is 0 Å². The van der Waals surface area contributed by atoms with E-state index in [0.717, 1.165) is 5.01 Å². The van der Waals surface area contributed by atoms with Crippen molar-refractivity contribution in [2.75, 3.05) is 5.32 Å². The molecular weight excluding hydrogens is 240 g/mol. The van der Waals surface area contributed by atoms with E-state index in [1.807, 2.05) is 0 Å². The Morgan fingerprint density at radius 3 is 2.50 bits per heavy atom. The fraction of sp³-hybridized carbons (Fsp3) is 0.400. The van der Waals surface area contributed by atoms with Crippen LogP contribution in [0, 0.1) is 27.7 Å². The van der Waals surface area contributed by atoms with Gasteiger partial charge in [0.25, 0.3) is 0 Å². The Bertz CT molecular complexity index is 558. The Morgan fingerprint density at radius 1 is 1.17 bits per heavy atom. The van der Waals surface area contributed by atoms with Crippen molar-refractivity contribution in [1.29, 1.82) is 0 Å². The van der Waals surface area contributed by atoms with Crippen molar-refractivity contribution >= 4 is 17.0 Å². The smallest absolute Gasteiger partial charge is 0.0901 e. The first-order valence-corrected chi connectivity index (χ1v) is 7.07. The van der Waals surface area contributed by atoms with Gasteiger partial charge in [0.15, 0.2) is 0 Å². The van der Waals surface area contributed by atoms with Crippen molar-refractivity contribution in [2.45, 2.75) is 40.7 Å². The molecule has 1 atom stereocenters. The number of nitrogens with zero attached hydrogens (tertiary/aromatic N) is 1. The van der Waals surface area contributed by atoms with Gasteiger partial charge in [0, 0.05) is 10.6 Å². The highest BCUT2D eigenvalue weighted by molar-refractivity contribution is 7.11. The maximum absolute atomic E-state index is 4.61. The van der Waals surface area contributed by atoms with Gasteiger partial charge in [-0.25, -0.2) is 4.98 Å². The van der Waals surface area contributed by atoms with E-state index in [1.165, 1.54) is 27.4 Å². The number of aryl methyl sites for hydroxylation is 3. The predicted octanol–water partition coefficient (Wildman–Crippen LogP) is 4.55. The molecule has 0 radical (unpaired) electrons. The minimum atomic E-state index is 0.246. The maximum atomic E-state index is 4.61. The molecule has 1 aromatic carbocycles. The summed E-state index contributed by atoms with van der Waals surface area (Å²) in [4.78, 5) is 5.92. The van der Waals surface area contributed by atoms with Crippen LogP contribution in [0.5, 0.6) is 0 Å². The lowest BCUT2D eigenvalue weighted by Gasteiger charge is -2.17. The zero-order valence-electron chi connectivity index (χ0n) is 11.7. The highest BCUT2D eigenvalue weighted by atomic mass is 32.1. The van der Waals surface area contributed by atoms with Gasteiger partial charge in [-0.15, -0.1) is 11.3 Å². The molecule has 1 unspecified atom stereocenters. The van der Waals surface area contributed by atoms with Crippen molar-refractivity contribution in [1.82, 2.24) is 4.98 Å². The van der Waals surface area contributed by atoms with Crippen LogP contribution < -0.4 is 5.32 Å². The first kappa shape index (κ1) is 13.1. The Labute approximate surface area is 113 Å². The van der Waals surface area contributed by atoms with Gasteiger partial charge in [-0.3, -0.25) is 0 Å². The van der Waals surface area contributed by atoms with Crippen LogP contribution in [-0.4, -0.2) is 4.98 Å². The lowest BCUT2D eigenvalue weighted by Crippen LogP contribution is -2.09. The lowest BCUT2D eigenvalue weighted by atomic mass is 10.1. The molecule has 96 valence electrons. The fourth-order valence-corrected chi connectivity index (χ4v) is 3.07. The molecule has 0 bridgehead atoms. The van der Waals surface area contributed by atoms with Gasteiger partial charge in [0.1, 0.15) is 0 Å². The molecule has 0 fully saturated rings. The number of benzene rings is 1. The average molecular weight is 260 g/mol. The Morgan fingerprint density at radius 2 is 1.89 bits per heavy atom. The first-order chi connectivity index (χ1) is 8.49. The predicted molar refractivity (Wildman–Crippen MR) is 79.5 cm³/mol. The number of anilines is 1. The van der Waals surface area contributed by atoms with Crippen molar-refractivity contribution in [2.24, 2.45) is 0 Å². The normalized spacial score (nSPS) is 12.5. The molecule has 0 aliphatic carbocycles. The van der Waals surface area contributed by atoms with E-state index in [-0.39, 0.29) is 6.04 Å². The largest absolute Gasteiger partial charge is 0.377 e. The van der Waals surface area contributed by atoms with Crippen LogP contribution in [0.2, 0.25) is 0 Å². The van der Waals surface area contributed by atoms with Gasteiger partial charge in [0.05, 0.1) is 16.7 Å². The van der Waals surface area contributed by atoms with Crippen LogP contribution >= 0.6 is 11.3 Å². The Hall–Kier alpha value is -1.35. The number of thiazole rings is 1. The van der Waals surface area contributed by atoms with Gasteiger partial charge in [0.2, 0.25) is 0 Å². The minimum absolute atomic E-state index is 0.246. The number of hydrogen-bond acceptors (Lipinski definition) is 3. The van der Waals surface area contributed by atoms with Crippen molar-refractivity contribution in [3.8, 4) is 0 Å². The molecule has 2 rings (SSSR count). The van der Waals surface area contributed by atoms with E-state index >= 15 is 0 Å². The zero-order chi connectivity index (χ0) is 13.3. The van der Waals surface area contributed by atoms with Crippen LogP contribution in [0.15, 0.2) is 18.2 Å². The molecule has 0 saturated carbocycles. The average Bonchev–Trinajstić information content (AvgIpc) is 2.64. The van der Waals surface area contributed by atoms with E-state index in [1.54, 1.807) is 11.3 Å². The summed E-state index contributed by atoms with van der Waals surface area (Å²) in [5.74, 6) is 0. The van der Waals surface area contributed by atoms with Crippen LogP contribution in [-0.2, 0) is 0 Å². The molecule has 0 aliphatic rings. The van der Waals surface area contributed by atoms with Crippen molar-refractivity contribution in [3.05, 3.63) is 44.9 Å². The molecule has 2 aromatic rings. The van der Waals surface area contributed by atoms with E-state index < -0.39 is 0 Å². The van der Waals surface area contributed by atoms with E-state index in [9.17, 15) is 0 Å². The molecule has 1 aromatic heterocycles. The summed E-state index contributed by atoms with van der Waals surface area (Å²) < 4.78 is 0. The van der Waals surface area contributed by atoms with Gasteiger partial charge < -0.3 is 5.32 Å². The summed E-state index contributed by atoms with van der Waals surface area (Å²) in [7, 11) is 0. The van der Waals surface area contributed by atoms with Gasteiger partial charge in [-0.05, 0) is 51.8 Å². The van der Waals surface area contributed by atoms with E-state index in [2.05, 4.69) is 63.1 Å². The molecule has 0 aliphatic heterocycles. The quantitative estimate of drug-likeness (QED) is 0.875. The second kappa shape index (κ2) is 5.11. The summed E-state index contributed by atoms with van der Waals surface area (Å²) >= 11 is 1.76. The molecular formula is C15H20N2S. The highest BCUT2D eigenvalue weighted by Crippen LogP contribution is 2.27. The van der Waals surface area contributed by atoms with Gasteiger partial charge in [-0.1, -0.05) is 12.1 Å². The SMILES string of the molecule is Cc1nc(C(C)Nc2cccc(C)c2C)c(C)s1. The van der Waals surface area contributed by atoms with E-state index in [4.69, 9.17) is 0 Å². The topological polar surface area (TPSA) is 24.9 Å². The first-order valence-electron chi connectivity index (χ1n) is 6.25. The summed E-state index contributed by atoms with van der Waals surface area (Å²) in [6, 6.07) is 6.61. The number of nitrogens with one attached hydrogen (secondary N) is 1. The Balaban J connectivity index is 2.24. The van der Waals surface area contributed by atoms with Crippen LogP contribution in [0.1, 0.15) is 39.7 Å². The third-order valence-electron chi connectivity index (χ3n) is 3.33. The van der Waals surface area contributed by atoms with Crippen LogP contribution in [0.3, 0.4) is 0 Å². The molecule has 0 spiro atoms. The molecule has 18 heavy (non-hydrogen) atoms. The second-order valence-electron chi connectivity index (χ2n) is 4.79. The van der Waals surface area contributed by atoms with Crippen LogP contribution in [0.4, 0.5) is 5.69 Å². The number of rotatable bonds is 3. The summed E-state index contributed by atoms with van der Waals surface area (Å²) in [6.07, 6.45) is 0. The molecule has 3 heteroatoms.